The van der Waals surface area contributed by atoms with Gasteiger partial charge in [0, 0.05) is 17.2 Å². The highest BCUT2D eigenvalue weighted by atomic mass is 35.5. The SMILES string of the molecule is CC1(C(=O)NCCSc2ccccc2)CC1(Cl)Cl. The number of halogens is 2. The van der Waals surface area contributed by atoms with E-state index in [1.54, 1.807) is 18.7 Å². The Kier molecular flexibility index (Phi) is 4.15. The molecule has 1 aromatic carbocycles. The monoisotopic (exact) mass is 303 g/mol. The summed E-state index contributed by atoms with van der Waals surface area (Å²) >= 11 is 13.6. The van der Waals surface area contributed by atoms with Crippen LogP contribution in [0, 0.1) is 5.41 Å². The molecule has 0 saturated heterocycles. The van der Waals surface area contributed by atoms with Gasteiger partial charge in [0.25, 0.3) is 0 Å². The second-order valence-electron chi connectivity index (χ2n) is 4.63. The average Bonchev–Trinajstić information content (AvgIpc) is 2.87. The van der Waals surface area contributed by atoms with Crippen molar-refractivity contribution in [3.63, 3.8) is 0 Å². The first-order chi connectivity index (χ1) is 8.46. The number of carbonyl (C=O) groups excluding carboxylic acids is 1. The van der Waals surface area contributed by atoms with Crippen LogP contribution in [0.1, 0.15) is 13.3 Å². The van der Waals surface area contributed by atoms with Gasteiger partial charge in [-0.25, -0.2) is 0 Å². The molecule has 0 radical (unpaired) electrons. The van der Waals surface area contributed by atoms with E-state index >= 15 is 0 Å². The maximum Gasteiger partial charge on any atom is 0.229 e. The molecule has 18 heavy (non-hydrogen) atoms. The van der Waals surface area contributed by atoms with Gasteiger partial charge in [0.15, 0.2) is 0 Å². The Hall–Kier alpha value is -0.380. The van der Waals surface area contributed by atoms with Crippen molar-refractivity contribution in [1.82, 2.24) is 5.32 Å². The predicted molar refractivity (Wildman–Crippen MR) is 77.3 cm³/mol. The van der Waals surface area contributed by atoms with Gasteiger partial charge in [-0.15, -0.1) is 35.0 Å². The van der Waals surface area contributed by atoms with Crippen LogP contribution in [0.25, 0.3) is 0 Å². The highest BCUT2D eigenvalue weighted by Gasteiger charge is 2.67. The summed E-state index contributed by atoms with van der Waals surface area (Å²) in [4.78, 5) is 13.1. The van der Waals surface area contributed by atoms with E-state index in [2.05, 4.69) is 17.4 Å². The topological polar surface area (TPSA) is 29.1 Å². The summed E-state index contributed by atoms with van der Waals surface area (Å²) in [6, 6.07) is 10.1. The van der Waals surface area contributed by atoms with Crippen LogP contribution in [-0.4, -0.2) is 22.5 Å². The van der Waals surface area contributed by atoms with Crippen molar-refractivity contribution in [2.24, 2.45) is 5.41 Å². The van der Waals surface area contributed by atoms with Crippen LogP contribution in [0.2, 0.25) is 0 Å². The lowest BCUT2D eigenvalue weighted by atomic mass is 10.1. The Bertz CT molecular complexity index is 438. The van der Waals surface area contributed by atoms with Gasteiger partial charge in [0.1, 0.15) is 4.33 Å². The van der Waals surface area contributed by atoms with Crippen molar-refractivity contribution in [1.29, 1.82) is 0 Å². The minimum absolute atomic E-state index is 0.0545. The van der Waals surface area contributed by atoms with E-state index in [9.17, 15) is 4.79 Å². The fourth-order valence-electron chi connectivity index (χ4n) is 1.69. The third-order valence-corrected chi connectivity index (χ3v) is 5.27. The first-order valence-corrected chi connectivity index (χ1v) is 7.54. The van der Waals surface area contributed by atoms with Crippen molar-refractivity contribution in [3.05, 3.63) is 30.3 Å². The van der Waals surface area contributed by atoms with Gasteiger partial charge >= 0.3 is 0 Å². The number of amides is 1. The van der Waals surface area contributed by atoms with Gasteiger partial charge in [-0.2, -0.15) is 0 Å². The highest BCUT2D eigenvalue weighted by Crippen LogP contribution is 2.63. The summed E-state index contributed by atoms with van der Waals surface area (Å²) in [7, 11) is 0. The van der Waals surface area contributed by atoms with Gasteiger partial charge in [0.05, 0.1) is 5.41 Å². The Morgan fingerprint density at radius 1 is 1.39 bits per heavy atom. The highest BCUT2D eigenvalue weighted by molar-refractivity contribution is 7.99. The molecule has 5 heteroatoms. The number of thioether (sulfide) groups is 1. The van der Waals surface area contributed by atoms with Crippen LogP contribution < -0.4 is 5.32 Å². The molecular weight excluding hydrogens is 289 g/mol. The fourth-order valence-corrected chi connectivity index (χ4v) is 3.19. The van der Waals surface area contributed by atoms with Crippen molar-refractivity contribution in [2.75, 3.05) is 12.3 Å². The van der Waals surface area contributed by atoms with E-state index in [4.69, 9.17) is 23.2 Å². The van der Waals surface area contributed by atoms with Crippen LogP contribution >= 0.6 is 35.0 Å². The summed E-state index contributed by atoms with van der Waals surface area (Å²) in [6.45, 7) is 2.42. The van der Waals surface area contributed by atoms with Crippen molar-refractivity contribution in [2.45, 2.75) is 22.6 Å². The molecule has 1 saturated carbocycles. The van der Waals surface area contributed by atoms with Gasteiger partial charge in [-0.1, -0.05) is 18.2 Å². The van der Waals surface area contributed by atoms with Gasteiger partial charge < -0.3 is 5.32 Å². The molecule has 2 rings (SSSR count). The Labute approximate surface area is 121 Å². The van der Waals surface area contributed by atoms with Crippen LogP contribution in [0.3, 0.4) is 0 Å². The zero-order chi connectivity index (χ0) is 13.2. The molecule has 1 fully saturated rings. The number of hydrogen-bond acceptors (Lipinski definition) is 2. The van der Waals surface area contributed by atoms with Crippen molar-refractivity contribution < 1.29 is 4.79 Å². The molecule has 1 amide bonds. The predicted octanol–water partition coefficient (Wildman–Crippen LogP) is 3.48. The lowest BCUT2D eigenvalue weighted by molar-refractivity contribution is -0.125. The van der Waals surface area contributed by atoms with Gasteiger partial charge in [0.2, 0.25) is 5.91 Å². The lowest BCUT2D eigenvalue weighted by Crippen LogP contribution is -2.34. The van der Waals surface area contributed by atoms with E-state index in [0.29, 0.717) is 13.0 Å². The molecule has 1 aliphatic carbocycles. The van der Waals surface area contributed by atoms with Crippen molar-refractivity contribution in [3.8, 4) is 0 Å². The second-order valence-corrected chi connectivity index (χ2v) is 7.28. The average molecular weight is 304 g/mol. The molecule has 0 aromatic heterocycles. The van der Waals surface area contributed by atoms with Crippen LogP contribution in [-0.2, 0) is 4.79 Å². The number of nitrogens with one attached hydrogen (secondary N) is 1. The molecular formula is C13H15Cl2NOS. The van der Waals surface area contributed by atoms with Crippen LogP contribution in [0.5, 0.6) is 0 Å². The number of carbonyl (C=O) groups is 1. The van der Waals surface area contributed by atoms with Crippen LogP contribution in [0.15, 0.2) is 35.2 Å². The maximum absolute atomic E-state index is 11.9. The Morgan fingerprint density at radius 3 is 2.56 bits per heavy atom. The second kappa shape index (κ2) is 5.32. The molecule has 1 aromatic rings. The normalized spacial score (nSPS) is 24.6. The van der Waals surface area contributed by atoms with Gasteiger partial charge in [-0.3, -0.25) is 4.79 Å². The largest absolute Gasteiger partial charge is 0.355 e. The standard InChI is InChI=1S/C13H15Cl2NOS/c1-12(9-13(12,14)15)11(17)16-7-8-18-10-5-3-2-4-6-10/h2-6H,7-9H2,1H3,(H,16,17). The Balaban J connectivity index is 1.69. The van der Waals surface area contributed by atoms with E-state index in [1.165, 1.54) is 4.90 Å². The molecule has 0 spiro atoms. The zero-order valence-corrected chi connectivity index (χ0v) is 12.4. The molecule has 0 bridgehead atoms. The lowest BCUT2D eigenvalue weighted by Gasteiger charge is -2.12. The van der Waals surface area contributed by atoms with Crippen LogP contribution in [0.4, 0.5) is 0 Å². The smallest absolute Gasteiger partial charge is 0.229 e. The quantitative estimate of drug-likeness (QED) is 0.512. The fraction of sp³-hybridized carbons (Fsp3) is 0.462. The molecule has 1 atom stereocenters. The molecule has 1 N–H and O–H groups in total. The van der Waals surface area contributed by atoms with Gasteiger partial charge in [-0.05, 0) is 25.5 Å². The first kappa shape index (κ1) is 14.0. The molecule has 98 valence electrons. The summed E-state index contributed by atoms with van der Waals surface area (Å²) in [5.74, 6) is 0.782. The molecule has 2 nitrogen and oxygen atoms in total. The minimum atomic E-state index is -0.885. The van der Waals surface area contributed by atoms with E-state index in [1.807, 2.05) is 18.2 Å². The first-order valence-electron chi connectivity index (χ1n) is 5.80. The number of rotatable bonds is 5. The van der Waals surface area contributed by atoms with E-state index in [0.717, 1.165) is 5.75 Å². The molecule has 1 aliphatic rings. The van der Waals surface area contributed by atoms with E-state index in [-0.39, 0.29) is 5.91 Å². The third-order valence-electron chi connectivity index (χ3n) is 3.16. The summed E-state index contributed by atoms with van der Waals surface area (Å²) in [5, 5.41) is 2.88. The molecule has 0 heterocycles. The molecule has 0 aliphatic heterocycles. The number of hydrogen-bond donors (Lipinski definition) is 1. The molecule has 1 unspecified atom stereocenters. The zero-order valence-electron chi connectivity index (χ0n) is 10.1. The third kappa shape index (κ3) is 2.95. The number of benzene rings is 1. The Morgan fingerprint density at radius 2 is 2.00 bits per heavy atom. The number of alkyl halides is 2. The minimum Gasteiger partial charge on any atom is -0.355 e. The van der Waals surface area contributed by atoms with Crippen molar-refractivity contribution >= 4 is 40.9 Å². The van der Waals surface area contributed by atoms with E-state index < -0.39 is 9.75 Å². The maximum atomic E-state index is 11.9. The summed E-state index contributed by atoms with van der Waals surface area (Å²) in [5.41, 5.74) is -0.618. The summed E-state index contributed by atoms with van der Waals surface area (Å²) < 4.78 is -0.885. The summed E-state index contributed by atoms with van der Waals surface area (Å²) in [6.07, 6.45) is 0.529.